The number of amides is 2. The minimum absolute atomic E-state index is 0.0363. The van der Waals surface area contributed by atoms with E-state index in [1.54, 1.807) is 50.7 Å². The largest absolute Gasteiger partial charge is 0.497 e. The van der Waals surface area contributed by atoms with E-state index in [1.807, 2.05) is 13.8 Å². The number of methoxy groups -OCH3 is 2. The Labute approximate surface area is 153 Å². The van der Waals surface area contributed by atoms with Gasteiger partial charge in [-0.15, -0.1) is 0 Å². The minimum Gasteiger partial charge on any atom is -0.497 e. The monoisotopic (exact) mass is 359 g/mol. The highest BCUT2D eigenvalue weighted by atomic mass is 16.5. The Balaban J connectivity index is 2.34. The maximum atomic E-state index is 12.6. The summed E-state index contributed by atoms with van der Waals surface area (Å²) in [6.45, 7) is 4.85. The molecule has 2 N–H and O–H groups in total. The number of nitrogens with one attached hydrogen (secondary N) is 2. The molecule has 8 nitrogen and oxygen atoms in total. The number of carbonyl (C=O) groups excluding carboxylic acids is 1. The molecule has 0 aliphatic carbocycles. The van der Waals surface area contributed by atoms with Gasteiger partial charge in [-0.1, -0.05) is 0 Å². The predicted molar refractivity (Wildman–Crippen MR) is 101 cm³/mol. The third kappa shape index (κ3) is 5.06. The molecule has 1 aromatic heterocycles. The fourth-order valence-corrected chi connectivity index (χ4v) is 2.37. The van der Waals surface area contributed by atoms with Crippen molar-refractivity contribution in [1.29, 1.82) is 0 Å². The van der Waals surface area contributed by atoms with Crippen LogP contribution >= 0.6 is 0 Å². The first-order valence-electron chi connectivity index (χ1n) is 8.39. The first kappa shape index (κ1) is 19.5. The molecule has 8 heteroatoms. The molecular formula is C18H25N5O3. The molecular weight excluding hydrogens is 334 g/mol. The van der Waals surface area contributed by atoms with Gasteiger partial charge in [0.15, 0.2) is 0 Å². The van der Waals surface area contributed by atoms with E-state index in [0.29, 0.717) is 36.4 Å². The van der Waals surface area contributed by atoms with Crippen LogP contribution in [0.2, 0.25) is 0 Å². The molecule has 0 bridgehead atoms. The summed E-state index contributed by atoms with van der Waals surface area (Å²) < 4.78 is 10.3. The molecule has 0 aliphatic heterocycles. The lowest BCUT2D eigenvalue weighted by Crippen LogP contribution is -2.37. The van der Waals surface area contributed by atoms with Crippen LogP contribution in [0.4, 0.5) is 22.2 Å². The van der Waals surface area contributed by atoms with Gasteiger partial charge in [-0.25, -0.2) is 14.7 Å². The van der Waals surface area contributed by atoms with E-state index in [2.05, 4.69) is 20.6 Å². The van der Waals surface area contributed by atoms with Gasteiger partial charge in [-0.2, -0.15) is 4.98 Å². The lowest BCUT2D eigenvalue weighted by molar-refractivity contribution is 0.190. The van der Waals surface area contributed by atoms with Crippen LogP contribution in [0.15, 0.2) is 36.5 Å². The fraction of sp³-hybridized carbons (Fsp3) is 0.389. The molecule has 1 aromatic carbocycles. The average Bonchev–Trinajstić information content (AvgIpc) is 2.63. The number of nitrogens with zero attached hydrogens (tertiary/aromatic N) is 3. The Bertz CT molecular complexity index is 708. The number of carbonyl (C=O) groups is 1. The molecule has 1 heterocycles. The van der Waals surface area contributed by atoms with Crippen molar-refractivity contribution in [2.75, 3.05) is 37.6 Å². The highest BCUT2D eigenvalue weighted by Gasteiger charge is 2.19. The zero-order valence-electron chi connectivity index (χ0n) is 15.5. The molecule has 0 radical (unpaired) electrons. The minimum atomic E-state index is -0.271. The zero-order valence-corrected chi connectivity index (χ0v) is 15.5. The van der Waals surface area contributed by atoms with Crippen molar-refractivity contribution in [2.45, 2.75) is 19.9 Å². The Hall–Kier alpha value is -2.87. The van der Waals surface area contributed by atoms with E-state index < -0.39 is 0 Å². The predicted octanol–water partition coefficient (Wildman–Crippen LogP) is 2.80. The molecule has 1 atom stereocenters. The number of benzene rings is 1. The maximum absolute atomic E-state index is 12.6. The summed E-state index contributed by atoms with van der Waals surface area (Å²) in [6.07, 6.45) is 1.61. The average molecular weight is 359 g/mol. The molecule has 0 unspecified atom stereocenters. The van der Waals surface area contributed by atoms with Crippen LogP contribution in [0.5, 0.6) is 5.75 Å². The summed E-state index contributed by atoms with van der Waals surface area (Å²) in [5.41, 5.74) is 0.673. The summed E-state index contributed by atoms with van der Waals surface area (Å²) in [5.74, 6) is 1.60. The van der Waals surface area contributed by atoms with Crippen molar-refractivity contribution in [3.05, 3.63) is 36.5 Å². The maximum Gasteiger partial charge on any atom is 0.327 e. The number of ether oxygens (including phenoxy) is 2. The lowest BCUT2D eigenvalue weighted by atomic mass is 10.2. The van der Waals surface area contributed by atoms with Gasteiger partial charge in [0.1, 0.15) is 11.6 Å². The van der Waals surface area contributed by atoms with Crippen molar-refractivity contribution in [3.63, 3.8) is 0 Å². The van der Waals surface area contributed by atoms with Gasteiger partial charge >= 0.3 is 6.03 Å². The molecule has 0 saturated heterocycles. The number of aromatic nitrogens is 2. The van der Waals surface area contributed by atoms with Crippen LogP contribution in [-0.2, 0) is 4.74 Å². The van der Waals surface area contributed by atoms with Gasteiger partial charge < -0.3 is 20.1 Å². The number of hydrogen-bond acceptors (Lipinski definition) is 6. The van der Waals surface area contributed by atoms with Gasteiger partial charge in [0.05, 0.1) is 19.4 Å². The van der Waals surface area contributed by atoms with Crippen LogP contribution in [0.25, 0.3) is 0 Å². The van der Waals surface area contributed by atoms with E-state index in [0.717, 1.165) is 0 Å². The highest BCUT2D eigenvalue weighted by molar-refractivity contribution is 5.98. The van der Waals surface area contributed by atoms with Gasteiger partial charge in [-0.3, -0.25) is 0 Å². The molecule has 0 spiro atoms. The topological polar surface area (TPSA) is 88.6 Å². The lowest BCUT2D eigenvalue weighted by Gasteiger charge is -2.23. The van der Waals surface area contributed by atoms with Gasteiger partial charge in [0.25, 0.3) is 0 Å². The Morgan fingerprint density at radius 3 is 2.58 bits per heavy atom. The summed E-state index contributed by atoms with van der Waals surface area (Å²) in [6, 6.07) is 8.64. The van der Waals surface area contributed by atoms with Crippen LogP contribution in [0, 0.1) is 0 Å². The second kappa shape index (κ2) is 9.57. The van der Waals surface area contributed by atoms with Crippen LogP contribution in [0.3, 0.4) is 0 Å². The van der Waals surface area contributed by atoms with Crippen molar-refractivity contribution in [2.24, 2.45) is 0 Å². The van der Waals surface area contributed by atoms with E-state index in [4.69, 9.17) is 9.47 Å². The van der Waals surface area contributed by atoms with Crippen LogP contribution < -0.4 is 20.3 Å². The zero-order chi connectivity index (χ0) is 18.9. The smallest absolute Gasteiger partial charge is 0.327 e. The number of hydrogen-bond donors (Lipinski definition) is 2. The van der Waals surface area contributed by atoms with Crippen molar-refractivity contribution in [1.82, 2.24) is 15.3 Å². The molecule has 2 aromatic rings. The van der Waals surface area contributed by atoms with E-state index in [-0.39, 0.29) is 12.1 Å². The Morgan fingerprint density at radius 1 is 1.23 bits per heavy atom. The summed E-state index contributed by atoms with van der Waals surface area (Å²) in [5, 5.41) is 5.96. The van der Waals surface area contributed by atoms with E-state index in [1.165, 1.54) is 4.90 Å². The number of rotatable bonds is 8. The second-order valence-corrected chi connectivity index (χ2v) is 5.61. The summed E-state index contributed by atoms with van der Waals surface area (Å²) in [7, 11) is 3.23. The molecule has 0 fully saturated rings. The van der Waals surface area contributed by atoms with Crippen molar-refractivity contribution >= 4 is 23.5 Å². The second-order valence-electron chi connectivity index (χ2n) is 5.61. The molecule has 2 rings (SSSR count). The standard InChI is InChI=1S/C18H25N5O3/c1-5-19-18(24)23(14-6-8-15(26-4)9-7-14)16-10-11-20-17(22-16)21-13(2)12-25-3/h6-11,13H,5,12H2,1-4H3,(H,19,24)(H,20,21,22)/t13-/m0/s1. The van der Waals surface area contributed by atoms with E-state index >= 15 is 0 Å². The molecule has 0 saturated carbocycles. The number of urea groups is 1. The Morgan fingerprint density at radius 2 is 1.96 bits per heavy atom. The Kier molecular flexibility index (Phi) is 7.16. The summed E-state index contributed by atoms with van der Waals surface area (Å²) in [4.78, 5) is 22.8. The highest BCUT2D eigenvalue weighted by Crippen LogP contribution is 2.26. The van der Waals surface area contributed by atoms with E-state index in [9.17, 15) is 4.79 Å². The van der Waals surface area contributed by atoms with Crippen LogP contribution in [0.1, 0.15) is 13.8 Å². The molecule has 2 amide bonds. The quantitative estimate of drug-likeness (QED) is 0.753. The number of anilines is 3. The van der Waals surface area contributed by atoms with Gasteiger partial charge in [0, 0.05) is 32.0 Å². The fourth-order valence-electron chi connectivity index (χ4n) is 2.37. The SMILES string of the molecule is CCNC(=O)N(c1ccc(OC)cc1)c1ccnc(N[C@@H](C)COC)n1. The van der Waals surface area contributed by atoms with Gasteiger partial charge in [-0.05, 0) is 38.1 Å². The first-order chi connectivity index (χ1) is 12.6. The van der Waals surface area contributed by atoms with Gasteiger partial charge in [0.2, 0.25) is 5.95 Å². The normalized spacial score (nSPS) is 11.5. The van der Waals surface area contributed by atoms with Crippen LogP contribution in [-0.4, -0.2) is 49.4 Å². The molecule has 0 aliphatic rings. The molecule has 26 heavy (non-hydrogen) atoms. The van der Waals surface area contributed by atoms with Crippen molar-refractivity contribution in [3.8, 4) is 5.75 Å². The third-order valence-corrected chi connectivity index (χ3v) is 3.52. The first-order valence-corrected chi connectivity index (χ1v) is 8.39. The molecule has 140 valence electrons. The summed E-state index contributed by atoms with van der Waals surface area (Å²) >= 11 is 0. The van der Waals surface area contributed by atoms with Crippen molar-refractivity contribution < 1.29 is 14.3 Å². The third-order valence-electron chi connectivity index (χ3n) is 3.52.